The molecule has 0 aliphatic carbocycles. The maximum atomic E-state index is 5.89. The topological polar surface area (TPSA) is 25.8 Å². The monoisotopic (exact) mass is 230 g/mol. The molecule has 0 aliphatic heterocycles. The predicted octanol–water partition coefficient (Wildman–Crippen LogP) is 3.58. The minimum atomic E-state index is 0.562. The summed E-state index contributed by atoms with van der Waals surface area (Å²) in [6.07, 6.45) is 2.72. The van der Waals surface area contributed by atoms with E-state index in [-0.39, 0.29) is 0 Å². The molecule has 0 amide bonds. The number of hydrogen-bond acceptors (Lipinski definition) is 3. The summed E-state index contributed by atoms with van der Waals surface area (Å²) in [6, 6.07) is 0. The van der Waals surface area contributed by atoms with Crippen LogP contribution >= 0.6 is 23.4 Å². The van der Waals surface area contributed by atoms with Gasteiger partial charge in [0, 0.05) is 5.56 Å². The van der Waals surface area contributed by atoms with Crippen LogP contribution in [-0.4, -0.2) is 15.7 Å². The van der Waals surface area contributed by atoms with E-state index >= 15 is 0 Å². The predicted molar refractivity (Wildman–Crippen MR) is 62.0 cm³/mol. The first-order chi connectivity index (χ1) is 6.61. The van der Waals surface area contributed by atoms with E-state index in [0.29, 0.717) is 5.15 Å². The number of nitrogens with zero attached hydrogens (tertiary/aromatic N) is 2. The normalized spacial score (nSPS) is 10.9. The summed E-state index contributed by atoms with van der Waals surface area (Å²) in [6.45, 7) is 6.40. The Bertz CT molecular complexity index is 302. The van der Waals surface area contributed by atoms with Crippen LogP contribution in [0.4, 0.5) is 0 Å². The first-order valence-electron chi connectivity index (χ1n) is 4.71. The molecule has 0 atom stereocenters. The fraction of sp³-hybridized carbons (Fsp3) is 0.600. The zero-order chi connectivity index (χ0) is 10.6. The van der Waals surface area contributed by atoms with Crippen LogP contribution in [0.5, 0.6) is 0 Å². The second-order valence-electron chi connectivity index (χ2n) is 3.63. The van der Waals surface area contributed by atoms with E-state index < -0.39 is 0 Å². The van der Waals surface area contributed by atoms with Gasteiger partial charge in [-0.05, 0) is 25.0 Å². The summed E-state index contributed by atoms with van der Waals surface area (Å²) < 4.78 is 0. The van der Waals surface area contributed by atoms with Gasteiger partial charge in [-0.3, -0.25) is 0 Å². The Balaban J connectivity index is 2.54. The minimum Gasteiger partial charge on any atom is -0.230 e. The molecule has 1 aromatic heterocycles. The molecule has 0 saturated carbocycles. The van der Waals surface area contributed by atoms with Gasteiger partial charge in [0.15, 0.2) is 0 Å². The lowest BCUT2D eigenvalue weighted by Crippen LogP contribution is -1.93. The largest absolute Gasteiger partial charge is 0.230 e. The Labute approximate surface area is 94.5 Å². The van der Waals surface area contributed by atoms with E-state index in [0.717, 1.165) is 22.3 Å². The summed E-state index contributed by atoms with van der Waals surface area (Å²) in [5, 5.41) is 1.57. The van der Waals surface area contributed by atoms with Gasteiger partial charge in [0.25, 0.3) is 0 Å². The first-order valence-corrected chi connectivity index (χ1v) is 6.07. The van der Waals surface area contributed by atoms with Gasteiger partial charge in [-0.15, -0.1) is 11.8 Å². The van der Waals surface area contributed by atoms with Gasteiger partial charge < -0.3 is 0 Å². The molecule has 2 nitrogen and oxygen atoms in total. The van der Waals surface area contributed by atoms with E-state index in [9.17, 15) is 0 Å². The second kappa shape index (κ2) is 5.56. The summed E-state index contributed by atoms with van der Waals surface area (Å²) in [5.74, 6) is 1.83. The molecule has 1 aromatic rings. The third-order valence-electron chi connectivity index (χ3n) is 1.91. The molecule has 0 radical (unpaired) electrons. The highest BCUT2D eigenvalue weighted by atomic mass is 35.5. The molecule has 0 aliphatic rings. The van der Waals surface area contributed by atoms with Crippen molar-refractivity contribution in [3.8, 4) is 0 Å². The Morgan fingerprint density at radius 1 is 1.43 bits per heavy atom. The standard InChI is InChI=1S/C10H15ClN2S/c1-7(2)4-5-14-10-8(3)9(11)12-6-13-10/h6-7H,4-5H2,1-3H3. The fourth-order valence-corrected chi connectivity index (χ4v) is 2.36. The van der Waals surface area contributed by atoms with E-state index in [1.54, 1.807) is 11.8 Å². The summed E-state index contributed by atoms with van der Waals surface area (Å²) in [5.41, 5.74) is 0.989. The first kappa shape index (κ1) is 11.8. The summed E-state index contributed by atoms with van der Waals surface area (Å²) in [7, 11) is 0. The van der Waals surface area contributed by atoms with Crippen molar-refractivity contribution in [3.63, 3.8) is 0 Å². The van der Waals surface area contributed by atoms with Gasteiger partial charge in [-0.25, -0.2) is 9.97 Å². The van der Waals surface area contributed by atoms with Crippen LogP contribution < -0.4 is 0 Å². The number of hydrogen-bond donors (Lipinski definition) is 0. The number of aromatic nitrogens is 2. The fourth-order valence-electron chi connectivity index (χ4n) is 0.951. The molecule has 4 heteroatoms. The molecule has 1 rings (SSSR count). The summed E-state index contributed by atoms with van der Waals surface area (Å²) >= 11 is 7.64. The maximum Gasteiger partial charge on any atom is 0.136 e. The average Bonchev–Trinajstić information content (AvgIpc) is 2.12. The number of thioether (sulfide) groups is 1. The number of rotatable bonds is 4. The molecule has 0 unspecified atom stereocenters. The van der Waals surface area contributed by atoms with Crippen molar-refractivity contribution in [1.82, 2.24) is 9.97 Å². The lowest BCUT2D eigenvalue weighted by molar-refractivity contribution is 0.632. The van der Waals surface area contributed by atoms with Crippen LogP contribution in [0.3, 0.4) is 0 Å². The van der Waals surface area contributed by atoms with Gasteiger partial charge in [0.05, 0.1) is 0 Å². The van der Waals surface area contributed by atoms with Gasteiger partial charge in [-0.2, -0.15) is 0 Å². The molecule has 1 heterocycles. The van der Waals surface area contributed by atoms with Gasteiger partial charge in [-0.1, -0.05) is 25.4 Å². The third kappa shape index (κ3) is 3.46. The van der Waals surface area contributed by atoms with Gasteiger partial charge in [0.1, 0.15) is 16.5 Å². The van der Waals surface area contributed by atoms with E-state index in [2.05, 4.69) is 23.8 Å². The summed E-state index contributed by atoms with van der Waals surface area (Å²) in [4.78, 5) is 8.13. The smallest absolute Gasteiger partial charge is 0.136 e. The highest BCUT2D eigenvalue weighted by Gasteiger charge is 2.05. The second-order valence-corrected chi connectivity index (χ2v) is 5.07. The Kier molecular flexibility index (Phi) is 4.69. The van der Waals surface area contributed by atoms with E-state index in [1.165, 1.54) is 12.7 Å². The highest BCUT2D eigenvalue weighted by Crippen LogP contribution is 2.24. The van der Waals surface area contributed by atoms with Crippen molar-refractivity contribution in [2.24, 2.45) is 5.92 Å². The third-order valence-corrected chi connectivity index (χ3v) is 3.42. The van der Waals surface area contributed by atoms with E-state index in [4.69, 9.17) is 11.6 Å². The van der Waals surface area contributed by atoms with Crippen LogP contribution in [0.2, 0.25) is 5.15 Å². The van der Waals surface area contributed by atoms with Crippen molar-refractivity contribution in [3.05, 3.63) is 17.0 Å². The highest BCUT2D eigenvalue weighted by molar-refractivity contribution is 7.99. The molecule has 0 bridgehead atoms. The molecule has 0 aromatic carbocycles. The lowest BCUT2D eigenvalue weighted by atomic mass is 10.2. The van der Waals surface area contributed by atoms with Crippen LogP contribution in [0.1, 0.15) is 25.8 Å². The molecule has 0 saturated heterocycles. The number of halogens is 1. The molecule has 0 spiro atoms. The van der Waals surface area contributed by atoms with Crippen molar-refractivity contribution in [2.45, 2.75) is 32.2 Å². The van der Waals surface area contributed by atoms with E-state index in [1.807, 2.05) is 6.92 Å². The van der Waals surface area contributed by atoms with Crippen LogP contribution in [0, 0.1) is 12.8 Å². The Morgan fingerprint density at radius 2 is 2.14 bits per heavy atom. The zero-order valence-electron chi connectivity index (χ0n) is 8.75. The molecular formula is C10H15ClN2S. The van der Waals surface area contributed by atoms with Gasteiger partial charge >= 0.3 is 0 Å². The van der Waals surface area contributed by atoms with Crippen LogP contribution in [0.15, 0.2) is 11.4 Å². The molecular weight excluding hydrogens is 216 g/mol. The molecule has 78 valence electrons. The van der Waals surface area contributed by atoms with Crippen molar-refractivity contribution in [2.75, 3.05) is 5.75 Å². The molecule has 0 N–H and O–H groups in total. The van der Waals surface area contributed by atoms with Crippen molar-refractivity contribution >= 4 is 23.4 Å². The van der Waals surface area contributed by atoms with Gasteiger partial charge in [0.2, 0.25) is 0 Å². The van der Waals surface area contributed by atoms with Crippen LogP contribution in [0.25, 0.3) is 0 Å². The van der Waals surface area contributed by atoms with Crippen molar-refractivity contribution < 1.29 is 0 Å². The minimum absolute atomic E-state index is 0.562. The SMILES string of the molecule is Cc1c(Cl)ncnc1SCCC(C)C. The lowest BCUT2D eigenvalue weighted by Gasteiger charge is -2.06. The molecule has 0 fully saturated rings. The Hall–Kier alpha value is -0.280. The van der Waals surface area contributed by atoms with Crippen molar-refractivity contribution in [1.29, 1.82) is 0 Å². The molecule has 14 heavy (non-hydrogen) atoms. The maximum absolute atomic E-state index is 5.89. The Morgan fingerprint density at radius 3 is 2.79 bits per heavy atom. The average molecular weight is 231 g/mol. The van der Waals surface area contributed by atoms with Crippen LogP contribution in [-0.2, 0) is 0 Å². The zero-order valence-corrected chi connectivity index (χ0v) is 10.3. The quantitative estimate of drug-likeness (QED) is 0.584.